The Morgan fingerprint density at radius 3 is 2.88 bits per heavy atom. The summed E-state index contributed by atoms with van der Waals surface area (Å²) in [5.74, 6) is 0.132. The largest absolute Gasteiger partial charge is 0.496 e. The smallest absolute Gasteiger partial charge is 0.338 e. The van der Waals surface area contributed by atoms with Crippen LogP contribution < -0.4 is 10.3 Å². The minimum atomic E-state index is -0.492. The summed E-state index contributed by atoms with van der Waals surface area (Å²) >= 11 is 4.53. The van der Waals surface area contributed by atoms with Crippen LogP contribution in [0.1, 0.15) is 21.1 Å². The van der Waals surface area contributed by atoms with E-state index in [-0.39, 0.29) is 12.2 Å². The van der Waals surface area contributed by atoms with Crippen molar-refractivity contribution in [1.29, 1.82) is 0 Å². The number of rotatable bonds is 4. The maximum atomic E-state index is 12.1. The second-order valence-electron chi connectivity index (χ2n) is 4.85. The van der Waals surface area contributed by atoms with Crippen molar-refractivity contribution in [2.45, 2.75) is 13.5 Å². The van der Waals surface area contributed by atoms with Gasteiger partial charge >= 0.3 is 5.97 Å². The van der Waals surface area contributed by atoms with Gasteiger partial charge in [-0.05, 0) is 41.1 Å². The first kappa shape index (κ1) is 16.6. The van der Waals surface area contributed by atoms with Crippen LogP contribution in [0, 0.1) is 6.92 Å². The maximum absolute atomic E-state index is 12.1. The van der Waals surface area contributed by atoms with Gasteiger partial charge in [0.15, 0.2) is 5.01 Å². The Morgan fingerprint density at radius 2 is 2.17 bits per heavy atom. The lowest BCUT2D eigenvalue weighted by molar-refractivity contribution is 0.0471. The number of aromatic nitrogens is 3. The highest BCUT2D eigenvalue weighted by atomic mass is 79.9. The number of hydrogen-bond donors (Lipinski definition) is 0. The molecule has 0 amide bonds. The van der Waals surface area contributed by atoms with Crippen molar-refractivity contribution in [3.63, 3.8) is 0 Å². The molecule has 0 spiro atoms. The number of hydrogen-bond acceptors (Lipinski definition) is 7. The second-order valence-corrected chi connectivity index (χ2v) is 6.75. The van der Waals surface area contributed by atoms with Gasteiger partial charge in [-0.2, -0.15) is 9.61 Å². The number of nitrogens with zero attached hydrogens (tertiary/aromatic N) is 3. The number of carbonyl (C=O) groups is 1. The summed E-state index contributed by atoms with van der Waals surface area (Å²) in [5, 5.41) is 4.61. The molecule has 0 N–H and O–H groups in total. The van der Waals surface area contributed by atoms with Gasteiger partial charge in [-0.3, -0.25) is 4.79 Å². The van der Waals surface area contributed by atoms with Gasteiger partial charge < -0.3 is 9.47 Å². The van der Waals surface area contributed by atoms with E-state index in [9.17, 15) is 9.59 Å². The van der Waals surface area contributed by atoms with E-state index < -0.39 is 5.97 Å². The molecule has 124 valence electrons. The SMILES string of the molecule is COc1ccc(C(=O)OCc2nn3c(=O)cc(C)nc3s2)cc1Br. The number of carbonyl (C=O) groups excluding carboxylic acids is 1. The maximum Gasteiger partial charge on any atom is 0.338 e. The van der Waals surface area contributed by atoms with Crippen molar-refractivity contribution >= 4 is 38.2 Å². The lowest BCUT2D eigenvalue weighted by Crippen LogP contribution is -2.14. The fourth-order valence-electron chi connectivity index (χ4n) is 2.02. The Morgan fingerprint density at radius 1 is 1.38 bits per heavy atom. The summed E-state index contributed by atoms with van der Waals surface area (Å²) in [6.07, 6.45) is 0. The summed E-state index contributed by atoms with van der Waals surface area (Å²) in [4.78, 5) is 28.6. The average molecular weight is 410 g/mol. The Labute approximate surface area is 149 Å². The first-order valence-corrected chi connectivity index (χ1v) is 8.46. The van der Waals surface area contributed by atoms with Gasteiger partial charge in [0, 0.05) is 11.8 Å². The lowest BCUT2D eigenvalue weighted by Gasteiger charge is -2.06. The molecule has 0 aliphatic rings. The number of ether oxygens (including phenoxy) is 2. The van der Waals surface area contributed by atoms with Gasteiger partial charge in [0.1, 0.15) is 12.4 Å². The topological polar surface area (TPSA) is 82.8 Å². The van der Waals surface area contributed by atoms with E-state index >= 15 is 0 Å². The van der Waals surface area contributed by atoms with Crippen LogP contribution in [0.3, 0.4) is 0 Å². The summed E-state index contributed by atoms with van der Waals surface area (Å²) < 4.78 is 12.2. The van der Waals surface area contributed by atoms with Crippen LogP contribution in [0.5, 0.6) is 5.75 Å². The number of esters is 1. The van der Waals surface area contributed by atoms with E-state index in [0.29, 0.717) is 31.4 Å². The zero-order valence-corrected chi connectivity index (χ0v) is 15.2. The Kier molecular flexibility index (Phi) is 4.63. The molecule has 3 rings (SSSR count). The molecule has 0 unspecified atom stereocenters. The van der Waals surface area contributed by atoms with Gasteiger partial charge in [0.2, 0.25) is 4.96 Å². The van der Waals surface area contributed by atoms with Gasteiger partial charge in [-0.1, -0.05) is 11.3 Å². The molecule has 3 aromatic rings. The van der Waals surface area contributed by atoms with E-state index in [0.717, 1.165) is 0 Å². The van der Waals surface area contributed by atoms with Crippen molar-refractivity contribution in [2.24, 2.45) is 0 Å². The molecule has 0 atom stereocenters. The molecule has 2 aromatic heterocycles. The Hall–Kier alpha value is -2.26. The highest BCUT2D eigenvalue weighted by Crippen LogP contribution is 2.26. The standard InChI is InChI=1S/C15H12BrN3O4S/c1-8-5-13(20)19-15(17-8)24-12(18-19)7-23-14(21)9-3-4-11(22-2)10(16)6-9/h3-6H,7H2,1-2H3. The van der Waals surface area contributed by atoms with E-state index in [1.54, 1.807) is 32.2 Å². The normalized spacial score (nSPS) is 10.8. The zero-order chi connectivity index (χ0) is 17.3. The first-order valence-electron chi connectivity index (χ1n) is 6.85. The summed E-state index contributed by atoms with van der Waals surface area (Å²) in [7, 11) is 1.54. The molecule has 0 saturated heterocycles. The van der Waals surface area contributed by atoms with E-state index in [1.807, 2.05) is 0 Å². The molecular formula is C15H12BrN3O4S. The summed E-state index contributed by atoms with van der Waals surface area (Å²) in [6, 6.07) is 6.30. The minimum absolute atomic E-state index is 0.0327. The van der Waals surface area contributed by atoms with Gasteiger partial charge in [-0.15, -0.1) is 0 Å². The quantitative estimate of drug-likeness (QED) is 0.615. The number of fused-ring (bicyclic) bond motifs is 1. The molecule has 2 heterocycles. The first-order chi connectivity index (χ1) is 11.5. The van der Waals surface area contributed by atoms with Crippen molar-refractivity contribution in [2.75, 3.05) is 7.11 Å². The number of benzene rings is 1. The predicted molar refractivity (Wildman–Crippen MR) is 91.7 cm³/mol. The van der Waals surface area contributed by atoms with Crippen LogP contribution in [-0.4, -0.2) is 27.7 Å². The Bertz CT molecular complexity index is 982. The van der Waals surface area contributed by atoms with E-state index in [4.69, 9.17) is 9.47 Å². The molecule has 0 radical (unpaired) electrons. The number of halogens is 1. The van der Waals surface area contributed by atoms with Crippen molar-refractivity contribution < 1.29 is 14.3 Å². The molecule has 24 heavy (non-hydrogen) atoms. The fraction of sp³-hybridized carbons (Fsp3) is 0.200. The third-order valence-corrected chi connectivity index (χ3v) is 4.63. The molecule has 0 bridgehead atoms. The minimum Gasteiger partial charge on any atom is -0.496 e. The molecule has 0 aliphatic heterocycles. The number of aryl methyl sites for hydroxylation is 1. The van der Waals surface area contributed by atoms with Crippen LogP contribution in [0.2, 0.25) is 0 Å². The predicted octanol–water partition coefficient (Wildman–Crippen LogP) is 2.59. The van der Waals surface area contributed by atoms with Crippen LogP contribution in [0.15, 0.2) is 33.5 Å². The van der Waals surface area contributed by atoms with Gasteiger partial charge in [0.25, 0.3) is 5.56 Å². The zero-order valence-electron chi connectivity index (χ0n) is 12.8. The molecule has 0 fully saturated rings. The lowest BCUT2D eigenvalue weighted by atomic mass is 10.2. The molecule has 9 heteroatoms. The van der Waals surface area contributed by atoms with Gasteiger partial charge in [0.05, 0.1) is 17.1 Å². The highest BCUT2D eigenvalue weighted by molar-refractivity contribution is 9.10. The molecule has 0 saturated carbocycles. The van der Waals surface area contributed by atoms with Crippen molar-refractivity contribution in [3.05, 3.63) is 55.4 Å². The third kappa shape index (κ3) is 3.31. The van der Waals surface area contributed by atoms with Crippen LogP contribution >= 0.6 is 27.3 Å². The van der Waals surface area contributed by atoms with Crippen LogP contribution in [-0.2, 0) is 11.3 Å². The van der Waals surface area contributed by atoms with Crippen molar-refractivity contribution in [1.82, 2.24) is 14.6 Å². The highest BCUT2D eigenvalue weighted by Gasteiger charge is 2.13. The number of methoxy groups -OCH3 is 1. The molecule has 1 aromatic carbocycles. The van der Waals surface area contributed by atoms with Gasteiger partial charge in [-0.25, -0.2) is 9.78 Å². The van der Waals surface area contributed by atoms with Crippen LogP contribution in [0.25, 0.3) is 4.96 Å². The van der Waals surface area contributed by atoms with E-state index in [1.165, 1.54) is 21.9 Å². The average Bonchev–Trinajstić information content (AvgIpc) is 2.95. The van der Waals surface area contributed by atoms with Crippen molar-refractivity contribution in [3.8, 4) is 5.75 Å². The Balaban J connectivity index is 1.76. The molecular weight excluding hydrogens is 398 g/mol. The third-order valence-electron chi connectivity index (χ3n) is 3.13. The second kappa shape index (κ2) is 6.70. The summed E-state index contributed by atoms with van der Waals surface area (Å²) in [5.41, 5.74) is 0.746. The van der Waals surface area contributed by atoms with E-state index in [2.05, 4.69) is 26.0 Å². The molecule has 7 nitrogen and oxygen atoms in total. The summed E-state index contributed by atoms with van der Waals surface area (Å²) in [6.45, 7) is 1.71. The monoisotopic (exact) mass is 409 g/mol. The van der Waals surface area contributed by atoms with Crippen LogP contribution in [0.4, 0.5) is 0 Å². The fourth-order valence-corrected chi connectivity index (χ4v) is 3.42. The molecule has 0 aliphatic carbocycles.